The van der Waals surface area contributed by atoms with Gasteiger partial charge in [-0.25, -0.2) is 9.78 Å². The molecule has 2 aromatic heterocycles. The van der Waals surface area contributed by atoms with Crippen molar-refractivity contribution in [2.45, 2.75) is 6.92 Å². The van der Waals surface area contributed by atoms with Gasteiger partial charge in [0, 0.05) is 17.3 Å². The molecular weight excluding hydrogens is 244 g/mol. The second-order valence-corrected chi connectivity index (χ2v) is 3.70. The van der Waals surface area contributed by atoms with Crippen molar-refractivity contribution < 1.29 is 9.32 Å². The van der Waals surface area contributed by atoms with E-state index < -0.39 is 6.03 Å². The summed E-state index contributed by atoms with van der Waals surface area (Å²) in [6.45, 7) is 1.73. The molecule has 0 unspecified atom stereocenters. The third kappa shape index (κ3) is 3.18. The van der Waals surface area contributed by atoms with Gasteiger partial charge in [0.25, 0.3) is 0 Å². The fourth-order valence-corrected chi connectivity index (χ4v) is 1.32. The highest BCUT2D eigenvalue weighted by molar-refractivity contribution is 6.30. The highest BCUT2D eigenvalue weighted by Gasteiger charge is 2.06. The first kappa shape index (κ1) is 11.4. The van der Waals surface area contributed by atoms with E-state index in [0.717, 1.165) is 0 Å². The fourth-order valence-electron chi connectivity index (χ4n) is 1.16. The highest BCUT2D eigenvalue weighted by atomic mass is 35.5. The van der Waals surface area contributed by atoms with Gasteiger partial charge < -0.3 is 4.52 Å². The Hall–Kier alpha value is -2.08. The lowest BCUT2D eigenvalue weighted by molar-refractivity contribution is 0.262. The van der Waals surface area contributed by atoms with Crippen LogP contribution in [0.25, 0.3) is 0 Å². The van der Waals surface area contributed by atoms with Gasteiger partial charge in [0.15, 0.2) is 5.82 Å². The average molecular weight is 253 g/mol. The zero-order chi connectivity index (χ0) is 12.3. The number of carbonyl (C=O) groups is 1. The predicted molar refractivity (Wildman–Crippen MR) is 63.1 cm³/mol. The standard InChI is InChI=1S/C10H9ClN4O2/c1-6-4-9(15-17-6)14-10(16)13-8-5-7(11)2-3-12-8/h2-5H,1H3,(H2,12,13,14,15,16). The number of anilines is 2. The van der Waals surface area contributed by atoms with Crippen molar-refractivity contribution >= 4 is 29.3 Å². The van der Waals surface area contributed by atoms with E-state index in [0.29, 0.717) is 22.4 Å². The van der Waals surface area contributed by atoms with E-state index in [1.165, 1.54) is 12.3 Å². The first-order valence-electron chi connectivity index (χ1n) is 4.76. The Morgan fingerprint density at radius 2 is 2.12 bits per heavy atom. The Morgan fingerprint density at radius 1 is 1.35 bits per heavy atom. The van der Waals surface area contributed by atoms with Crippen LogP contribution in [0.2, 0.25) is 5.02 Å². The van der Waals surface area contributed by atoms with Crippen LogP contribution >= 0.6 is 11.6 Å². The molecule has 2 amide bonds. The molecule has 2 N–H and O–H groups in total. The minimum Gasteiger partial charge on any atom is -0.360 e. The molecule has 0 aliphatic rings. The zero-order valence-corrected chi connectivity index (χ0v) is 9.65. The highest BCUT2D eigenvalue weighted by Crippen LogP contribution is 2.12. The van der Waals surface area contributed by atoms with Crippen molar-refractivity contribution in [2.75, 3.05) is 10.6 Å². The quantitative estimate of drug-likeness (QED) is 0.861. The van der Waals surface area contributed by atoms with Crippen molar-refractivity contribution in [3.63, 3.8) is 0 Å². The minimum absolute atomic E-state index is 0.335. The summed E-state index contributed by atoms with van der Waals surface area (Å²) >= 11 is 5.75. The van der Waals surface area contributed by atoms with Crippen molar-refractivity contribution in [1.29, 1.82) is 0 Å². The number of aryl methyl sites for hydroxylation is 1. The summed E-state index contributed by atoms with van der Waals surface area (Å²) in [6.07, 6.45) is 1.50. The molecule has 0 aliphatic carbocycles. The van der Waals surface area contributed by atoms with Crippen molar-refractivity contribution in [3.8, 4) is 0 Å². The average Bonchev–Trinajstić information content (AvgIpc) is 2.63. The number of halogens is 1. The van der Waals surface area contributed by atoms with E-state index >= 15 is 0 Å². The van der Waals surface area contributed by atoms with Gasteiger partial charge in [-0.2, -0.15) is 0 Å². The number of nitrogens with zero attached hydrogens (tertiary/aromatic N) is 2. The molecule has 17 heavy (non-hydrogen) atoms. The van der Waals surface area contributed by atoms with Crippen LogP contribution in [0.4, 0.5) is 16.4 Å². The maximum Gasteiger partial charge on any atom is 0.326 e. The minimum atomic E-state index is -0.465. The molecule has 0 aliphatic heterocycles. The van der Waals surface area contributed by atoms with Crippen LogP contribution in [0.15, 0.2) is 28.9 Å². The molecule has 0 radical (unpaired) electrons. The maximum atomic E-state index is 11.5. The number of nitrogens with one attached hydrogen (secondary N) is 2. The molecule has 7 heteroatoms. The Bertz CT molecular complexity index is 541. The molecule has 0 atom stereocenters. The van der Waals surface area contributed by atoms with Crippen LogP contribution in [-0.2, 0) is 0 Å². The van der Waals surface area contributed by atoms with Crippen molar-refractivity contribution in [3.05, 3.63) is 35.2 Å². The summed E-state index contributed by atoms with van der Waals surface area (Å²) < 4.78 is 4.81. The summed E-state index contributed by atoms with van der Waals surface area (Å²) in [7, 11) is 0. The van der Waals surface area contributed by atoms with Crippen LogP contribution in [0.5, 0.6) is 0 Å². The van der Waals surface area contributed by atoms with Gasteiger partial charge in [0.2, 0.25) is 0 Å². The number of rotatable bonds is 2. The van der Waals surface area contributed by atoms with Crippen LogP contribution in [0.3, 0.4) is 0 Å². The molecule has 2 rings (SSSR count). The van der Waals surface area contributed by atoms with E-state index in [2.05, 4.69) is 20.8 Å². The second-order valence-electron chi connectivity index (χ2n) is 3.26. The lowest BCUT2D eigenvalue weighted by Gasteiger charge is -2.03. The van der Waals surface area contributed by atoms with Crippen LogP contribution in [0, 0.1) is 6.92 Å². The summed E-state index contributed by atoms with van der Waals surface area (Å²) in [5.41, 5.74) is 0. The van der Waals surface area contributed by atoms with Gasteiger partial charge in [-0.3, -0.25) is 10.6 Å². The largest absolute Gasteiger partial charge is 0.360 e. The maximum absolute atomic E-state index is 11.5. The number of carbonyl (C=O) groups excluding carboxylic acids is 1. The van der Waals surface area contributed by atoms with Gasteiger partial charge in [-0.05, 0) is 19.1 Å². The van der Waals surface area contributed by atoms with Gasteiger partial charge in [-0.1, -0.05) is 16.8 Å². The summed E-state index contributed by atoms with van der Waals surface area (Å²) in [6, 6.07) is 4.29. The first-order chi connectivity index (χ1) is 8.13. The third-order valence-electron chi connectivity index (χ3n) is 1.83. The monoisotopic (exact) mass is 252 g/mol. The molecule has 2 heterocycles. The van der Waals surface area contributed by atoms with Crippen LogP contribution in [0.1, 0.15) is 5.76 Å². The van der Waals surface area contributed by atoms with Gasteiger partial charge in [-0.15, -0.1) is 0 Å². The molecule has 6 nitrogen and oxygen atoms in total. The molecular formula is C10H9ClN4O2. The molecule has 0 bridgehead atoms. The van der Waals surface area contributed by atoms with E-state index in [-0.39, 0.29) is 0 Å². The predicted octanol–water partition coefficient (Wildman–Crippen LogP) is 2.68. The van der Waals surface area contributed by atoms with Crippen LogP contribution in [-0.4, -0.2) is 16.2 Å². The Kier molecular flexibility index (Phi) is 3.24. The fraction of sp³-hybridized carbons (Fsp3) is 0.100. The molecule has 0 saturated carbocycles. The molecule has 0 aromatic carbocycles. The number of amides is 2. The number of hydrogen-bond acceptors (Lipinski definition) is 4. The topological polar surface area (TPSA) is 80.0 Å². The van der Waals surface area contributed by atoms with E-state index in [4.69, 9.17) is 16.1 Å². The van der Waals surface area contributed by atoms with E-state index in [1.807, 2.05) is 0 Å². The Morgan fingerprint density at radius 3 is 2.76 bits per heavy atom. The smallest absolute Gasteiger partial charge is 0.326 e. The molecule has 0 saturated heterocycles. The van der Waals surface area contributed by atoms with Crippen molar-refractivity contribution in [2.24, 2.45) is 0 Å². The normalized spacial score (nSPS) is 10.0. The lowest BCUT2D eigenvalue weighted by atomic mass is 10.4. The lowest BCUT2D eigenvalue weighted by Crippen LogP contribution is -2.20. The molecule has 0 fully saturated rings. The number of urea groups is 1. The SMILES string of the molecule is Cc1cc(NC(=O)Nc2cc(Cl)ccn2)no1. The molecule has 88 valence electrons. The number of aromatic nitrogens is 2. The van der Waals surface area contributed by atoms with Gasteiger partial charge in [0.1, 0.15) is 11.6 Å². The van der Waals surface area contributed by atoms with Crippen LogP contribution < -0.4 is 10.6 Å². The van der Waals surface area contributed by atoms with Gasteiger partial charge in [0.05, 0.1) is 0 Å². The van der Waals surface area contributed by atoms with E-state index in [1.54, 1.807) is 19.1 Å². The third-order valence-corrected chi connectivity index (χ3v) is 2.07. The summed E-state index contributed by atoms with van der Waals surface area (Å²) in [5.74, 6) is 1.30. The Balaban J connectivity index is 1.98. The van der Waals surface area contributed by atoms with Gasteiger partial charge >= 0.3 is 6.03 Å². The molecule has 0 spiro atoms. The first-order valence-corrected chi connectivity index (χ1v) is 5.14. The Labute approximate surface area is 102 Å². The zero-order valence-electron chi connectivity index (χ0n) is 8.90. The summed E-state index contributed by atoms with van der Waals surface area (Å²) in [5, 5.41) is 9.12. The second kappa shape index (κ2) is 4.84. The molecule has 2 aromatic rings. The van der Waals surface area contributed by atoms with E-state index in [9.17, 15) is 4.79 Å². The summed E-state index contributed by atoms with van der Waals surface area (Å²) in [4.78, 5) is 15.4. The number of hydrogen-bond donors (Lipinski definition) is 2. The van der Waals surface area contributed by atoms with Crippen molar-refractivity contribution in [1.82, 2.24) is 10.1 Å². The number of pyridine rings is 1.